The highest BCUT2D eigenvalue weighted by Gasteiger charge is 2.33. The molecule has 1 aliphatic rings. The van der Waals surface area contributed by atoms with Crippen molar-refractivity contribution >= 4 is 5.84 Å². The second-order valence-corrected chi connectivity index (χ2v) is 4.68. The van der Waals surface area contributed by atoms with E-state index < -0.39 is 0 Å². The first-order valence-electron chi connectivity index (χ1n) is 6.21. The molecule has 0 amide bonds. The maximum Gasteiger partial charge on any atom is 0.244 e. The molecule has 2 unspecified atom stereocenters. The highest BCUT2D eigenvalue weighted by atomic mass is 35.5. The van der Waals surface area contributed by atoms with Crippen LogP contribution in [0, 0.1) is 11.8 Å². The van der Waals surface area contributed by atoms with Gasteiger partial charge in [0.1, 0.15) is 0 Å². The number of nitrogens with two attached hydrogens (primary N) is 1. The highest BCUT2D eigenvalue weighted by molar-refractivity contribution is 5.78. The molecular weight excluding hydrogens is 232 g/mol. The average Bonchev–Trinajstić information content (AvgIpc) is 2.64. The number of nitrogens with one attached hydrogen (secondary N) is 1. The first kappa shape index (κ1) is 14.0. The van der Waals surface area contributed by atoms with Crippen LogP contribution in [0.5, 0.6) is 0 Å². The molecule has 3 heteroatoms. The summed E-state index contributed by atoms with van der Waals surface area (Å²) in [5, 5.41) is 0. The van der Waals surface area contributed by atoms with E-state index in [0.717, 1.165) is 18.8 Å². The lowest BCUT2D eigenvalue weighted by atomic mass is 9.85. The van der Waals surface area contributed by atoms with Crippen molar-refractivity contribution < 1.29 is 17.4 Å². The minimum Gasteiger partial charge on any atom is -1.00 e. The fourth-order valence-corrected chi connectivity index (χ4v) is 2.59. The Morgan fingerprint density at radius 3 is 2.65 bits per heavy atom. The maximum atomic E-state index is 6.05. The molecule has 0 aliphatic carbocycles. The molecule has 1 aliphatic heterocycles. The summed E-state index contributed by atoms with van der Waals surface area (Å²) in [5.74, 6) is 2.22. The minimum absolute atomic E-state index is 0. The zero-order valence-electron chi connectivity index (χ0n) is 10.3. The van der Waals surface area contributed by atoms with E-state index in [1.807, 2.05) is 0 Å². The van der Waals surface area contributed by atoms with Crippen molar-refractivity contribution in [1.82, 2.24) is 0 Å². The molecule has 0 aromatic heterocycles. The number of hydrogen-bond acceptors (Lipinski definition) is 1. The number of halogens is 1. The predicted molar refractivity (Wildman–Crippen MR) is 67.1 cm³/mol. The smallest absolute Gasteiger partial charge is 0.244 e. The molecule has 2 atom stereocenters. The van der Waals surface area contributed by atoms with Crippen LogP contribution in [0.2, 0.25) is 0 Å². The van der Waals surface area contributed by atoms with Gasteiger partial charge in [0, 0.05) is 5.92 Å². The van der Waals surface area contributed by atoms with Gasteiger partial charge < -0.3 is 12.4 Å². The number of rotatable bonds is 4. The van der Waals surface area contributed by atoms with Gasteiger partial charge in [0.2, 0.25) is 5.84 Å². The third-order valence-corrected chi connectivity index (χ3v) is 3.49. The van der Waals surface area contributed by atoms with Gasteiger partial charge >= 0.3 is 0 Å². The minimum atomic E-state index is 0. The third-order valence-electron chi connectivity index (χ3n) is 3.49. The van der Waals surface area contributed by atoms with Crippen molar-refractivity contribution in [2.24, 2.45) is 17.6 Å². The quantitative estimate of drug-likeness (QED) is 0.623. The number of benzene rings is 1. The van der Waals surface area contributed by atoms with Crippen LogP contribution in [0.1, 0.15) is 25.3 Å². The Kier molecular flexibility index (Phi) is 5.49. The Hall–Kier alpha value is -1.02. The Bertz CT molecular complexity index is 362. The zero-order valence-corrected chi connectivity index (χ0v) is 11.1. The van der Waals surface area contributed by atoms with Gasteiger partial charge in [0.25, 0.3) is 0 Å². The second-order valence-electron chi connectivity index (χ2n) is 4.68. The van der Waals surface area contributed by atoms with E-state index in [-0.39, 0.29) is 12.4 Å². The first-order valence-corrected chi connectivity index (χ1v) is 6.21. The van der Waals surface area contributed by atoms with Gasteiger partial charge in [-0.25, -0.2) is 0 Å². The molecule has 0 saturated carbocycles. The van der Waals surface area contributed by atoms with Gasteiger partial charge in [-0.05, 0) is 18.4 Å². The lowest BCUT2D eigenvalue weighted by Gasteiger charge is -2.15. The molecular formula is C14H21ClN2. The molecule has 0 fully saturated rings. The van der Waals surface area contributed by atoms with E-state index in [9.17, 15) is 0 Å². The molecule has 2 nitrogen and oxygen atoms in total. The molecule has 1 heterocycles. The van der Waals surface area contributed by atoms with Crippen LogP contribution in [0.15, 0.2) is 30.3 Å². The van der Waals surface area contributed by atoms with Crippen molar-refractivity contribution in [1.29, 1.82) is 0 Å². The maximum absolute atomic E-state index is 6.05. The van der Waals surface area contributed by atoms with Crippen LogP contribution >= 0.6 is 0 Å². The standard InChI is InChI=1S/C14H20N2.ClH/c1-2-6-12-10-16-14(15)13(12)9-11-7-4-3-5-8-11;/h3-5,7-8,12-13H,2,6,9-10H2,1H3,(H2,15,16);1H. The summed E-state index contributed by atoms with van der Waals surface area (Å²) in [6.45, 7) is 3.30. The summed E-state index contributed by atoms with van der Waals surface area (Å²) in [5.41, 5.74) is 7.44. The molecule has 0 radical (unpaired) electrons. The lowest BCUT2D eigenvalue weighted by molar-refractivity contribution is -0.454. The monoisotopic (exact) mass is 252 g/mol. The Labute approximate surface area is 110 Å². The van der Waals surface area contributed by atoms with E-state index in [1.54, 1.807) is 0 Å². The third kappa shape index (κ3) is 3.47. The van der Waals surface area contributed by atoms with E-state index in [4.69, 9.17) is 5.73 Å². The van der Waals surface area contributed by atoms with E-state index in [1.165, 1.54) is 18.4 Å². The van der Waals surface area contributed by atoms with Crippen molar-refractivity contribution in [2.45, 2.75) is 26.2 Å². The molecule has 0 spiro atoms. The fraction of sp³-hybridized carbons (Fsp3) is 0.500. The van der Waals surface area contributed by atoms with E-state index >= 15 is 0 Å². The normalized spacial score (nSPS) is 23.0. The SMILES string of the molecule is CCCC1C[NH+]=C(N)C1Cc1ccccc1.[Cl-]. The van der Waals surface area contributed by atoms with Gasteiger partial charge in [-0.15, -0.1) is 0 Å². The van der Waals surface area contributed by atoms with Gasteiger partial charge in [0.05, 0.1) is 12.5 Å². The summed E-state index contributed by atoms with van der Waals surface area (Å²) in [6, 6.07) is 10.6. The number of amidine groups is 1. The first-order chi connectivity index (χ1) is 7.81. The van der Waals surface area contributed by atoms with Crippen molar-refractivity contribution in [2.75, 3.05) is 6.54 Å². The van der Waals surface area contributed by atoms with Crippen LogP contribution in [0.4, 0.5) is 0 Å². The molecule has 0 saturated heterocycles. The largest absolute Gasteiger partial charge is 1.00 e. The molecule has 3 N–H and O–H groups in total. The van der Waals surface area contributed by atoms with E-state index in [2.05, 4.69) is 42.2 Å². The summed E-state index contributed by atoms with van der Waals surface area (Å²) in [6.07, 6.45) is 3.58. The summed E-state index contributed by atoms with van der Waals surface area (Å²) in [7, 11) is 0. The zero-order chi connectivity index (χ0) is 11.4. The van der Waals surface area contributed by atoms with Crippen molar-refractivity contribution in [3.8, 4) is 0 Å². The molecule has 94 valence electrons. The Morgan fingerprint density at radius 1 is 1.29 bits per heavy atom. The summed E-state index contributed by atoms with van der Waals surface area (Å²) in [4.78, 5) is 3.32. The van der Waals surface area contributed by atoms with Gasteiger partial charge in [0.15, 0.2) is 0 Å². The summed E-state index contributed by atoms with van der Waals surface area (Å²) >= 11 is 0. The van der Waals surface area contributed by atoms with Crippen LogP contribution in [-0.4, -0.2) is 12.4 Å². The summed E-state index contributed by atoms with van der Waals surface area (Å²) < 4.78 is 0. The Morgan fingerprint density at radius 2 is 2.00 bits per heavy atom. The van der Waals surface area contributed by atoms with Crippen molar-refractivity contribution in [3.63, 3.8) is 0 Å². The van der Waals surface area contributed by atoms with Crippen LogP contribution < -0.4 is 23.1 Å². The van der Waals surface area contributed by atoms with Gasteiger partial charge in [-0.1, -0.05) is 43.7 Å². The van der Waals surface area contributed by atoms with Crippen LogP contribution in [0.3, 0.4) is 0 Å². The molecule has 1 aromatic carbocycles. The molecule has 2 rings (SSSR count). The van der Waals surface area contributed by atoms with Crippen LogP contribution in [0.25, 0.3) is 0 Å². The predicted octanol–water partition coefficient (Wildman–Crippen LogP) is -2.28. The molecule has 17 heavy (non-hydrogen) atoms. The number of hydrogen-bond donors (Lipinski definition) is 2. The Balaban J connectivity index is 0.00000144. The topological polar surface area (TPSA) is 40.0 Å². The molecule has 1 aromatic rings. The highest BCUT2D eigenvalue weighted by Crippen LogP contribution is 2.22. The second kappa shape index (κ2) is 6.65. The molecule has 0 bridgehead atoms. The van der Waals surface area contributed by atoms with Gasteiger partial charge in [-0.3, -0.25) is 10.7 Å². The average molecular weight is 253 g/mol. The van der Waals surface area contributed by atoms with Gasteiger partial charge in [-0.2, -0.15) is 0 Å². The van der Waals surface area contributed by atoms with E-state index in [0.29, 0.717) is 11.8 Å². The lowest BCUT2D eigenvalue weighted by Crippen LogP contribution is -3.00. The van der Waals surface area contributed by atoms with Crippen molar-refractivity contribution in [3.05, 3.63) is 35.9 Å². The fourth-order valence-electron chi connectivity index (χ4n) is 2.59. The van der Waals surface area contributed by atoms with Crippen LogP contribution in [-0.2, 0) is 6.42 Å².